The molecule has 0 aliphatic heterocycles. The summed E-state index contributed by atoms with van der Waals surface area (Å²) in [4.78, 5) is 11.3. The minimum absolute atomic E-state index is 0.250. The molecule has 0 amide bonds. The lowest BCUT2D eigenvalue weighted by Crippen LogP contribution is -2.00. The van der Waals surface area contributed by atoms with Crippen LogP contribution < -0.4 is 0 Å². The van der Waals surface area contributed by atoms with E-state index in [2.05, 4.69) is 26.8 Å². The molecule has 2 nitrogen and oxygen atoms in total. The number of hydrogen-bond donors (Lipinski definition) is 0. The van der Waals surface area contributed by atoms with Crippen LogP contribution in [0.15, 0.2) is 23.8 Å². The summed E-state index contributed by atoms with van der Waals surface area (Å²) >= 11 is 0. The maximum atomic E-state index is 11.3. The van der Waals surface area contributed by atoms with Crippen molar-refractivity contribution in [3.8, 4) is 0 Å². The number of hydrogen-bond acceptors (Lipinski definition) is 2. The van der Waals surface area contributed by atoms with Crippen molar-refractivity contribution in [1.29, 1.82) is 0 Å². The Morgan fingerprint density at radius 3 is 2.43 bits per heavy atom. The first-order valence-electron chi connectivity index (χ1n) is 8.54. The van der Waals surface area contributed by atoms with Crippen molar-refractivity contribution in [2.45, 2.75) is 73.1 Å². The Morgan fingerprint density at radius 1 is 1.14 bits per heavy atom. The van der Waals surface area contributed by atoms with E-state index in [1.165, 1.54) is 32.1 Å². The third kappa shape index (κ3) is 11.3. The molecule has 0 N–H and O–H groups in total. The summed E-state index contributed by atoms with van der Waals surface area (Å²) in [7, 11) is 0. The van der Waals surface area contributed by atoms with Crippen LogP contribution in [0.25, 0.3) is 0 Å². The number of rotatable bonds is 11. The van der Waals surface area contributed by atoms with Gasteiger partial charge in [0.1, 0.15) is 0 Å². The highest BCUT2D eigenvalue weighted by atomic mass is 16.5. The van der Waals surface area contributed by atoms with E-state index < -0.39 is 0 Å². The molecule has 0 radical (unpaired) electrons. The minimum Gasteiger partial charge on any atom is -0.463 e. The van der Waals surface area contributed by atoms with E-state index in [0.717, 1.165) is 23.8 Å². The van der Waals surface area contributed by atoms with Crippen molar-refractivity contribution < 1.29 is 9.53 Å². The van der Waals surface area contributed by atoms with Gasteiger partial charge in [0.25, 0.3) is 0 Å². The van der Waals surface area contributed by atoms with Gasteiger partial charge in [-0.05, 0) is 37.7 Å². The van der Waals surface area contributed by atoms with E-state index in [0.29, 0.717) is 6.61 Å². The Hall–Kier alpha value is -1.05. The molecule has 0 aromatic rings. The van der Waals surface area contributed by atoms with Gasteiger partial charge in [0.2, 0.25) is 0 Å². The third-order valence-corrected chi connectivity index (χ3v) is 4.07. The van der Waals surface area contributed by atoms with Crippen LogP contribution in [0.2, 0.25) is 0 Å². The van der Waals surface area contributed by atoms with Gasteiger partial charge in [-0.2, -0.15) is 0 Å². The average molecular weight is 294 g/mol. The van der Waals surface area contributed by atoms with Crippen LogP contribution in [-0.4, -0.2) is 12.6 Å². The van der Waals surface area contributed by atoms with Gasteiger partial charge >= 0.3 is 5.97 Å². The van der Waals surface area contributed by atoms with Gasteiger partial charge in [0, 0.05) is 6.08 Å². The van der Waals surface area contributed by atoms with Gasteiger partial charge in [-0.15, -0.1) is 0 Å². The Morgan fingerprint density at radius 2 is 1.86 bits per heavy atom. The van der Waals surface area contributed by atoms with Crippen LogP contribution in [0.4, 0.5) is 0 Å². The maximum absolute atomic E-state index is 11.3. The summed E-state index contributed by atoms with van der Waals surface area (Å²) in [6, 6.07) is 0. The Balaban J connectivity index is 4.08. The van der Waals surface area contributed by atoms with E-state index in [1.807, 2.05) is 19.9 Å². The molecule has 0 rings (SSSR count). The zero-order valence-corrected chi connectivity index (χ0v) is 14.7. The average Bonchev–Trinajstić information content (AvgIpc) is 2.45. The summed E-state index contributed by atoms with van der Waals surface area (Å²) in [5, 5.41) is 0. The van der Waals surface area contributed by atoms with Gasteiger partial charge < -0.3 is 4.74 Å². The van der Waals surface area contributed by atoms with Gasteiger partial charge in [0.15, 0.2) is 0 Å². The number of ether oxygens (including phenoxy) is 1. The van der Waals surface area contributed by atoms with E-state index in [-0.39, 0.29) is 5.97 Å². The molecular formula is C19H34O2. The smallest absolute Gasteiger partial charge is 0.330 e. The molecule has 21 heavy (non-hydrogen) atoms. The number of allylic oxidation sites excluding steroid dienone is 3. The van der Waals surface area contributed by atoms with Crippen LogP contribution in [-0.2, 0) is 9.53 Å². The molecule has 0 aliphatic carbocycles. The number of carbonyl (C=O) groups is 1. The van der Waals surface area contributed by atoms with Crippen molar-refractivity contribution >= 4 is 5.97 Å². The van der Waals surface area contributed by atoms with E-state index in [4.69, 9.17) is 4.74 Å². The molecule has 0 heterocycles. The molecule has 2 atom stereocenters. The van der Waals surface area contributed by atoms with Gasteiger partial charge in [-0.3, -0.25) is 0 Å². The minimum atomic E-state index is -0.250. The monoisotopic (exact) mass is 294 g/mol. The lowest BCUT2D eigenvalue weighted by molar-refractivity contribution is -0.137. The van der Waals surface area contributed by atoms with Crippen LogP contribution in [0.3, 0.4) is 0 Å². The maximum Gasteiger partial charge on any atom is 0.330 e. The zero-order chi connectivity index (χ0) is 16.1. The molecule has 2 unspecified atom stereocenters. The predicted molar refractivity (Wildman–Crippen MR) is 91.2 cm³/mol. The van der Waals surface area contributed by atoms with Gasteiger partial charge in [-0.1, -0.05) is 65.0 Å². The highest BCUT2D eigenvalue weighted by molar-refractivity contribution is 5.83. The van der Waals surface area contributed by atoms with Crippen LogP contribution >= 0.6 is 0 Å². The summed E-state index contributed by atoms with van der Waals surface area (Å²) in [5.41, 5.74) is 0.961. The van der Waals surface area contributed by atoms with Crippen LogP contribution in [0.1, 0.15) is 73.1 Å². The normalized spacial score (nSPS) is 15.2. The highest BCUT2D eigenvalue weighted by Crippen LogP contribution is 2.20. The zero-order valence-electron chi connectivity index (χ0n) is 14.7. The molecule has 0 aliphatic rings. The topological polar surface area (TPSA) is 26.3 Å². The van der Waals surface area contributed by atoms with Crippen molar-refractivity contribution in [2.24, 2.45) is 11.8 Å². The van der Waals surface area contributed by atoms with E-state index in [1.54, 1.807) is 6.08 Å². The summed E-state index contributed by atoms with van der Waals surface area (Å²) < 4.78 is 4.90. The molecule has 0 aromatic carbocycles. The Kier molecular flexibility index (Phi) is 12.0. The molecule has 0 saturated heterocycles. The predicted octanol–water partition coefficient (Wildman–Crippen LogP) is 5.68. The molecule has 0 saturated carbocycles. The number of carbonyl (C=O) groups excluding carboxylic acids is 1. The molecule has 0 spiro atoms. The van der Waals surface area contributed by atoms with Crippen molar-refractivity contribution in [2.75, 3.05) is 6.61 Å². The fraction of sp³-hybridized carbons (Fsp3) is 0.737. The first kappa shape index (κ1) is 19.9. The third-order valence-electron chi connectivity index (χ3n) is 4.07. The van der Waals surface area contributed by atoms with Gasteiger partial charge in [-0.25, -0.2) is 4.79 Å². The van der Waals surface area contributed by atoms with Crippen LogP contribution in [0.5, 0.6) is 0 Å². The van der Waals surface area contributed by atoms with Crippen molar-refractivity contribution in [1.82, 2.24) is 0 Å². The molecule has 2 heteroatoms. The van der Waals surface area contributed by atoms with Crippen molar-refractivity contribution in [3.63, 3.8) is 0 Å². The fourth-order valence-corrected chi connectivity index (χ4v) is 2.31. The molecule has 122 valence electrons. The second kappa shape index (κ2) is 12.7. The lowest BCUT2D eigenvalue weighted by Gasteiger charge is -2.14. The summed E-state index contributed by atoms with van der Waals surface area (Å²) in [5.74, 6) is 1.37. The first-order chi connectivity index (χ1) is 10.0. The largest absolute Gasteiger partial charge is 0.463 e. The Labute approximate surface area is 131 Å². The second-order valence-electron chi connectivity index (χ2n) is 6.00. The molecule has 0 aromatic heterocycles. The summed E-state index contributed by atoms with van der Waals surface area (Å²) in [6.07, 6.45) is 13.4. The van der Waals surface area contributed by atoms with E-state index >= 15 is 0 Å². The first-order valence-corrected chi connectivity index (χ1v) is 8.54. The van der Waals surface area contributed by atoms with Gasteiger partial charge in [0.05, 0.1) is 6.61 Å². The SMILES string of the molecule is CCOC(=O)C=C(C)C=CCC(CC)CCCC(C)CC. The molecule has 0 fully saturated rings. The van der Waals surface area contributed by atoms with E-state index in [9.17, 15) is 4.79 Å². The quantitative estimate of drug-likeness (QED) is 0.278. The lowest BCUT2D eigenvalue weighted by atomic mass is 9.92. The fourth-order valence-electron chi connectivity index (χ4n) is 2.31. The standard InChI is InChI=1S/C19H34O2/c1-6-16(4)11-9-13-18(7-2)14-10-12-17(5)15-19(20)21-8-3/h10,12,15-16,18H,6-9,11,13-14H2,1-5H3. The molecular weight excluding hydrogens is 260 g/mol. The molecule has 0 bridgehead atoms. The number of esters is 1. The second-order valence-corrected chi connectivity index (χ2v) is 6.00. The van der Waals surface area contributed by atoms with Crippen molar-refractivity contribution in [3.05, 3.63) is 23.8 Å². The highest BCUT2D eigenvalue weighted by Gasteiger charge is 2.06. The summed E-state index contributed by atoms with van der Waals surface area (Å²) in [6.45, 7) is 11.1. The Bertz CT molecular complexity index is 328. The van der Waals surface area contributed by atoms with Crippen LogP contribution in [0, 0.1) is 11.8 Å².